The van der Waals surface area contributed by atoms with Gasteiger partial charge in [-0.25, -0.2) is 10.5 Å². The summed E-state index contributed by atoms with van der Waals surface area (Å²) in [7, 11) is 0. The van der Waals surface area contributed by atoms with Crippen LogP contribution in [0.15, 0.2) is 54.6 Å². The molecular weight excluding hydrogens is 380 g/mol. The first-order chi connectivity index (χ1) is 14.6. The molecule has 1 amide bonds. The van der Waals surface area contributed by atoms with Crippen molar-refractivity contribution in [2.75, 3.05) is 13.1 Å². The largest absolute Gasteiger partial charge is 0.391 e. The molecule has 0 saturated heterocycles. The Hall–Kier alpha value is -3.00. The van der Waals surface area contributed by atoms with Gasteiger partial charge in [0.05, 0.1) is 17.1 Å². The number of aliphatic hydroxyl groups excluding tert-OH is 1. The minimum absolute atomic E-state index is 0.428. The Labute approximate surface area is 176 Å². The van der Waals surface area contributed by atoms with Crippen LogP contribution in [0, 0.1) is 0 Å². The first-order valence-electron chi connectivity index (χ1n) is 10.1. The Morgan fingerprint density at radius 3 is 2.77 bits per heavy atom. The molecule has 0 aliphatic carbocycles. The van der Waals surface area contributed by atoms with Gasteiger partial charge in [0.2, 0.25) is 0 Å². The van der Waals surface area contributed by atoms with E-state index in [1.165, 1.54) is 6.08 Å². The van der Waals surface area contributed by atoms with Crippen LogP contribution in [0.2, 0.25) is 0 Å². The summed E-state index contributed by atoms with van der Waals surface area (Å²) >= 11 is 0. The zero-order valence-electron chi connectivity index (χ0n) is 17.1. The molecule has 0 aliphatic heterocycles. The molecule has 0 saturated carbocycles. The third-order valence-corrected chi connectivity index (χ3v) is 4.92. The standard InChI is InChI=1S/C23H28N4O3/c1-2-27-21-10-8-18(9-11-23(29)26-30)15-20(21)25-22(27)12-13-24-16-19(28)14-17-6-4-3-5-7-17/h3-11,15,19,24,28,30H,2,12-14,16H2,1H3,(H,26,29)/b11-9+. The number of aryl methyl sites for hydroxylation is 1. The van der Waals surface area contributed by atoms with Crippen molar-refractivity contribution >= 4 is 23.0 Å². The molecule has 1 atom stereocenters. The number of hydrogen-bond donors (Lipinski definition) is 4. The minimum Gasteiger partial charge on any atom is -0.391 e. The van der Waals surface area contributed by atoms with Crippen LogP contribution >= 0.6 is 0 Å². The van der Waals surface area contributed by atoms with Crippen LogP contribution in [0.4, 0.5) is 0 Å². The van der Waals surface area contributed by atoms with E-state index in [1.807, 2.05) is 48.5 Å². The number of amides is 1. The molecule has 4 N–H and O–H groups in total. The molecule has 30 heavy (non-hydrogen) atoms. The zero-order valence-corrected chi connectivity index (χ0v) is 17.1. The quantitative estimate of drug-likeness (QED) is 0.179. The lowest BCUT2D eigenvalue weighted by Gasteiger charge is -2.12. The number of fused-ring (bicyclic) bond motifs is 1. The van der Waals surface area contributed by atoms with Gasteiger partial charge in [-0.05, 0) is 42.7 Å². The van der Waals surface area contributed by atoms with Crippen LogP contribution in [0.5, 0.6) is 0 Å². The van der Waals surface area contributed by atoms with Crippen molar-refractivity contribution in [1.29, 1.82) is 0 Å². The molecule has 3 rings (SSSR count). The molecule has 1 aromatic heterocycles. The van der Waals surface area contributed by atoms with E-state index in [4.69, 9.17) is 10.2 Å². The van der Waals surface area contributed by atoms with Crippen LogP contribution in [0.1, 0.15) is 23.9 Å². The summed E-state index contributed by atoms with van der Waals surface area (Å²) in [6.07, 6.45) is 3.85. The number of imidazole rings is 1. The van der Waals surface area contributed by atoms with E-state index >= 15 is 0 Å². The Bertz CT molecular complexity index is 998. The highest BCUT2D eigenvalue weighted by molar-refractivity contribution is 5.91. The molecule has 7 heteroatoms. The van der Waals surface area contributed by atoms with Gasteiger partial charge in [-0.15, -0.1) is 0 Å². The SMILES string of the molecule is CCn1c(CCNCC(O)Cc2ccccc2)nc2cc(/C=C/C(=O)NO)ccc21. The van der Waals surface area contributed by atoms with Gasteiger partial charge in [0.25, 0.3) is 5.91 Å². The van der Waals surface area contributed by atoms with Crippen LogP contribution in [-0.2, 0) is 24.2 Å². The summed E-state index contributed by atoms with van der Waals surface area (Å²) in [6.45, 7) is 4.15. The molecule has 0 bridgehead atoms. The van der Waals surface area contributed by atoms with E-state index in [1.54, 1.807) is 11.6 Å². The fourth-order valence-corrected chi connectivity index (χ4v) is 3.48. The number of rotatable bonds is 10. The Morgan fingerprint density at radius 2 is 2.03 bits per heavy atom. The number of benzene rings is 2. The third-order valence-electron chi connectivity index (χ3n) is 4.92. The summed E-state index contributed by atoms with van der Waals surface area (Å²) in [5, 5.41) is 22.1. The van der Waals surface area contributed by atoms with Crippen molar-refractivity contribution in [2.24, 2.45) is 0 Å². The van der Waals surface area contributed by atoms with Crippen LogP contribution in [0.3, 0.4) is 0 Å². The molecule has 0 spiro atoms. The van der Waals surface area contributed by atoms with Crippen molar-refractivity contribution in [2.45, 2.75) is 32.4 Å². The van der Waals surface area contributed by atoms with Crippen LogP contribution in [-0.4, -0.2) is 45.0 Å². The Kier molecular flexibility index (Phi) is 7.73. The van der Waals surface area contributed by atoms with Gasteiger partial charge in [0, 0.05) is 32.1 Å². The topological polar surface area (TPSA) is 99.4 Å². The second-order valence-corrected chi connectivity index (χ2v) is 7.13. The van der Waals surface area contributed by atoms with Crippen molar-refractivity contribution in [1.82, 2.24) is 20.3 Å². The highest BCUT2D eigenvalue weighted by Crippen LogP contribution is 2.19. The molecule has 0 fully saturated rings. The predicted octanol–water partition coefficient (Wildman–Crippen LogP) is 2.31. The van der Waals surface area contributed by atoms with Gasteiger partial charge in [0.15, 0.2) is 0 Å². The summed E-state index contributed by atoms with van der Waals surface area (Å²) in [5.74, 6) is 0.405. The summed E-state index contributed by atoms with van der Waals surface area (Å²) in [5.41, 5.74) is 5.44. The zero-order chi connectivity index (χ0) is 21.3. The molecule has 7 nitrogen and oxygen atoms in total. The smallest absolute Gasteiger partial charge is 0.267 e. The lowest BCUT2D eigenvalue weighted by Crippen LogP contribution is -2.30. The lowest BCUT2D eigenvalue weighted by molar-refractivity contribution is -0.124. The van der Waals surface area contributed by atoms with E-state index in [0.717, 1.165) is 47.5 Å². The third kappa shape index (κ3) is 5.76. The fourth-order valence-electron chi connectivity index (χ4n) is 3.48. The average molecular weight is 409 g/mol. The van der Waals surface area contributed by atoms with E-state index in [2.05, 4.69) is 16.8 Å². The monoisotopic (exact) mass is 408 g/mol. The molecule has 158 valence electrons. The van der Waals surface area contributed by atoms with E-state index in [9.17, 15) is 9.90 Å². The Balaban J connectivity index is 1.58. The van der Waals surface area contributed by atoms with Crippen LogP contribution in [0.25, 0.3) is 17.1 Å². The number of carbonyl (C=O) groups excluding carboxylic acids is 1. The fraction of sp³-hybridized carbons (Fsp3) is 0.304. The van der Waals surface area contributed by atoms with E-state index in [-0.39, 0.29) is 0 Å². The van der Waals surface area contributed by atoms with Crippen molar-refractivity contribution in [3.05, 3.63) is 71.6 Å². The number of nitrogens with zero attached hydrogens (tertiary/aromatic N) is 2. The van der Waals surface area contributed by atoms with Gasteiger partial charge in [-0.1, -0.05) is 36.4 Å². The van der Waals surface area contributed by atoms with Gasteiger partial charge >= 0.3 is 0 Å². The van der Waals surface area contributed by atoms with E-state index < -0.39 is 12.0 Å². The maximum atomic E-state index is 11.2. The second kappa shape index (κ2) is 10.7. The maximum Gasteiger partial charge on any atom is 0.267 e. The summed E-state index contributed by atoms with van der Waals surface area (Å²) in [6, 6.07) is 15.8. The van der Waals surface area contributed by atoms with Crippen molar-refractivity contribution in [3.8, 4) is 0 Å². The summed E-state index contributed by atoms with van der Waals surface area (Å²) < 4.78 is 2.17. The molecule has 3 aromatic rings. The number of hydrogen-bond acceptors (Lipinski definition) is 5. The van der Waals surface area contributed by atoms with Gasteiger partial charge in [-0.2, -0.15) is 0 Å². The molecule has 1 unspecified atom stereocenters. The lowest BCUT2D eigenvalue weighted by atomic mass is 10.1. The molecule has 0 radical (unpaired) electrons. The Morgan fingerprint density at radius 1 is 1.23 bits per heavy atom. The number of nitrogens with one attached hydrogen (secondary N) is 2. The first kappa shape index (κ1) is 21.7. The second-order valence-electron chi connectivity index (χ2n) is 7.13. The van der Waals surface area contributed by atoms with Gasteiger partial charge in [-0.3, -0.25) is 10.0 Å². The van der Waals surface area contributed by atoms with Gasteiger partial charge in [0.1, 0.15) is 5.82 Å². The highest BCUT2D eigenvalue weighted by atomic mass is 16.5. The first-order valence-corrected chi connectivity index (χ1v) is 10.1. The maximum absolute atomic E-state index is 11.2. The molecule has 2 aromatic carbocycles. The van der Waals surface area contributed by atoms with Crippen molar-refractivity contribution < 1.29 is 15.1 Å². The van der Waals surface area contributed by atoms with E-state index in [0.29, 0.717) is 13.0 Å². The normalized spacial score (nSPS) is 12.5. The molecule has 1 heterocycles. The predicted molar refractivity (Wildman–Crippen MR) is 117 cm³/mol. The number of carbonyl (C=O) groups is 1. The minimum atomic E-state index is -0.574. The van der Waals surface area contributed by atoms with Gasteiger partial charge < -0.3 is 15.0 Å². The highest BCUT2D eigenvalue weighted by Gasteiger charge is 2.10. The number of aromatic nitrogens is 2. The van der Waals surface area contributed by atoms with Crippen molar-refractivity contribution in [3.63, 3.8) is 0 Å². The number of hydroxylamine groups is 1. The van der Waals surface area contributed by atoms with Crippen LogP contribution < -0.4 is 10.8 Å². The number of aliphatic hydroxyl groups is 1. The molecular formula is C23H28N4O3. The average Bonchev–Trinajstić information content (AvgIpc) is 3.12. The summed E-state index contributed by atoms with van der Waals surface area (Å²) in [4.78, 5) is 15.9. The molecule has 0 aliphatic rings.